The Morgan fingerprint density at radius 1 is 0.526 bits per heavy atom. The molecule has 0 radical (unpaired) electrons. The van der Waals surface area contributed by atoms with Crippen LogP contribution >= 0.6 is 23.5 Å². The second-order valence-electron chi connectivity index (χ2n) is 10.4. The zero-order valence-corrected chi connectivity index (χ0v) is 25.8. The summed E-state index contributed by atoms with van der Waals surface area (Å²) in [6.07, 6.45) is 20.8. The SMILES string of the molecule is CCc1ccc2c(OCCCCCCCCSC)c3ccccc3c(OCCCCCCCCSC)c2c1. The molecule has 0 amide bonds. The van der Waals surface area contributed by atoms with E-state index in [0.29, 0.717) is 0 Å². The smallest absolute Gasteiger partial charge is 0.135 e. The quantitative estimate of drug-likeness (QED) is 0.0962. The van der Waals surface area contributed by atoms with Gasteiger partial charge in [-0.3, -0.25) is 0 Å². The predicted molar refractivity (Wildman–Crippen MR) is 174 cm³/mol. The number of unbranched alkanes of at least 4 members (excludes halogenated alkanes) is 10. The van der Waals surface area contributed by atoms with Gasteiger partial charge in [-0.25, -0.2) is 0 Å². The van der Waals surface area contributed by atoms with Crippen LogP contribution in [0.25, 0.3) is 21.5 Å². The van der Waals surface area contributed by atoms with Crippen LogP contribution in [0.5, 0.6) is 11.5 Å². The van der Waals surface area contributed by atoms with Crippen LogP contribution in [-0.4, -0.2) is 37.2 Å². The Kier molecular flexibility index (Phi) is 15.3. The summed E-state index contributed by atoms with van der Waals surface area (Å²) in [6, 6.07) is 15.5. The van der Waals surface area contributed by atoms with E-state index in [0.717, 1.165) is 44.0 Å². The van der Waals surface area contributed by atoms with Crippen molar-refractivity contribution in [2.75, 3.05) is 37.2 Å². The maximum atomic E-state index is 6.57. The van der Waals surface area contributed by atoms with Gasteiger partial charge in [0.15, 0.2) is 0 Å². The standard InChI is InChI=1S/C34H50O2S2/c1-4-28-21-22-31-32(27-28)34(36-24-16-10-6-8-12-18-26-38-3)30-20-14-13-19-29(30)33(31)35-23-15-9-5-7-11-17-25-37-2/h13-14,19-22,27H,4-12,15-18,23-26H2,1-3H3. The number of fused-ring (bicyclic) bond motifs is 2. The molecule has 210 valence electrons. The van der Waals surface area contributed by atoms with Gasteiger partial charge >= 0.3 is 0 Å². The largest absolute Gasteiger partial charge is 0.492 e. The highest BCUT2D eigenvalue weighted by molar-refractivity contribution is 7.98. The number of thioether (sulfide) groups is 2. The van der Waals surface area contributed by atoms with Crippen molar-refractivity contribution in [3.05, 3.63) is 48.0 Å². The van der Waals surface area contributed by atoms with E-state index in [1.54, 1.807) is 0 Å². The van der Waals surface area contributed by atoms with Crippen molar-refractivity contribution in [2.24, 2.45) is 0 Å². The Morgan fingerprint density at radius 2 is 0.974 bits per heavy atom. The number of rotatable bonds is 21. The Labute approximate surface area is 241 Å². The van der Waals surface area contributed by atoms with Crippen molar-refractivity contribution >= 4 is 45.1 Å². The summed E-state index contributed by atoms with van der Waals surface area (Å²) in [5.41, 5.74) is 1.34. The molecule has 0 atom stereocenters. The van der Waals surface area contributed by atoms with Crippen molar-refractivity contribution in [2.45, 2.75) is 90.4 Å². The molecule has 0 aliphatic heterocycles. The van der Waals surface area contributed by atoms with Crippen molar-refractivity contribution in [3.8, 4) is 11.5 Å². The molecule has 3 aromatic carbocycles. The van der Waals surface area contributed by atoms with Crippen molar-refractivity contribution in [1.29, 1.82) is 0 Å². The van der Waals surface area contributed by atoms with E-state index >= 15 is 0 Å². The summed E-state index contributed by atoms with van der Waals surface area (Å²) in [5.74, 6) is 4.64. The predicted octanol–water partition coefficient (Wildman–Crippen LogP) is 10.7. The highest BCUT2D eigenvalue weighted by atomic mass is 32.2. The number of aryl methyl sites for hydroxylation is 1. The average molecular weight is 555 g/mol. The molecule has 0 spiro atoms. The zero-order valence-electron chi connectivity index (χ0n) is 24.2. The van der Waals surface area contributed by atoms with Crippen molar-refractivity contribution in [1.82, 2.24) is 0 Å². The average Bonchev–Trinajstić information content (AvgIpc) is 2.95. The first-order chi connectivity index (χ1) is 18.8. The number of hydrogen-bond donors (Lipinski definition) is 0. The van der Waals surface area contributed by atoms with Gasteiger partial charge in [0.2, 0.25) is 0 Å². The molecule has 4 heteroatoms. The molecule has 38 heavy (non-hydrogen) atoms. The fourth-order valence-electron chi connectivity index (χ4n) is 5.14. The molecule has 0 aliphatic rings. The fraction of sp³-hybridized carbons (Fsp3) is 0.588. The van der Waals surface area contributed by atoms with Gasteiger partial charge in [-0.1, -0.05) is 94.7 Å². The molecule has 0 bridgehead atoms. The lowest BCUT2D eigenvalue weighted by atomic mass is 9.98. The van der Waals surface area contributed by atoms with Crippen LogP contribution in [0.15, 0.2) is 42.5 Å². The summed E-state index contributed by atoms with van der Waals surface area (Å²) < 4.78 is 13.1. The second-order valence-corrected chi connectivity index (χ2v) is 12.3. The summed E-state index contributed by atoms with van der Waals surface area (Å²) in [4.78, 5) is 0. The van der Waals surface area contributed by atoms with E-state index in [1.165, 1.54) is 103 Å². The van der Waals surface area contributed by atoms with Crippen LogP contribution in [-0.2, 0) is 6.42 Å². The van der Waals surface area contributed by atoms with Gasteiger partial charge in [0.25, 0.3) is 0 Å². The molecule has 3 rings (SSSR count). The second kappa shape index (κ2) is 18.7. The molecule has 0 N–H and O–H groups in total. The van der Waals surface area contributed by atoms with Crippen LogP contribution in [0.4, 0.5) is 0 Å². The third-order valence-electron chi connectivity index (χ3n) is 7.38. The van der Waals surface area contributed by atoms with Crippen LogP contribution in [0, 0.1) is 0 Å². The topological polar surface area (TPSA) is 18.5 Å². The normalized spacial score (nSPS) is 11.4. The molecule has 2 nitrogen and oxygen atoms in total. The molecular weight excluding hydrogens is 505 g/mol. The van der Waals surface area contributed by atoms with Crippen molar-refractivity contribution < 1.29 is 9.47 Å². The van der Waals surface area contributed by atoms with Gasteiger partial charge in [-0.2, -0.15) is 23.5 Å². The van der Waals surface area contributed by atoms with Gasteiger partial charge in [-0.05, 0) is 67.8 Å². The van der Waals surface area contributed by atoms with E-state index < -0.39 is 0 Å². The molecule has 0 saturated carbocycles. The lowest BCUT2D eigenvalue weighted by Crippen LogP contribution is -2.03. The fourth-order valence-corrected chi connectivity index (χ4v) is 6.12. The van der Waals surface area contributed by atoms with Crippen LogP contribution < -0.4 is 9.47 Å². The zero-order chi connectivity index (χ0) is 26.8. The maximum absolute atomic E-state index is 6.57. The first kappa shape index (κ1) is 31.0. The molecule has 0 aromatic heterocycles. The molecule has 0 heterocycles. The lowest BCUT2D eigenvalue weighted by Gasteiger charge is -2.18. The summed E-state index contributed by atoms with van der Waals surface area (Å²) in [5, 5.41) is 4.73. The van der Waals surface area contributed by atoms with Crippen molar-refractivity contribution in [3.63, 3.8) is 0 Å². The van der Waals surface area contributed by atoms with Crippen LogP contribution in [0.3, 0.4) is 0 Å². The van der Waals surface area contributed by atoms with Gasteiger partial charge in [0.1, 0.15) is 11.5 Å². The summed E-state index contributed by atoms with van der Waals surface area (Å²) in [7, 11) is 0. The molecular formula is C34H50O2S2. The Balaban J connectivity index is 1.66. The first-order valence-electron chi connectivity index (χ1n) is 15.0. The van der Waals surface area contributed by atoms with Crippen LogP contribution in [0.1, 0.15) is 89.5 Å². The molecule has 0 saturated heterocycles. The highest BCUT2D eigenvalue weighted by Gasteiger charge is 2.16. The van der Waals surface area contributed by atoms with Gasteiger partial charge in [0, 0.05) is 21.5 Å². The third kappa shape index (κ3) is 9.90. The highest BCUT2D eigenvalue weighted by Crippen LogP contribution is 2.43. The minimum Gasteiger partial charge on any atom is -0.492 e. The molecule has 0 fully saturated rings. The minimum absolute atomic E-state index is 0.774. The lowest BCUT2D eigenvalue weighted by molar-refractivity contribution is 0.306. The van der Waals surface area contributed by atoms with E-state index in [2.05, 4.69) is 61.9 Å². The Bertz CT molecular complexity index is 1070. The Morgan fingerprint density at radius 3 is 1.47 bits per heavy atom. The van der Waals surface area contributed by atoms with Gasteiger partial charge in [-0.15, -0.1) is 0 Å². The van der Waals surface area contributed by atoms with Gasteiger partial charge < -0.3 is 9.47 Å². The monoisotopic (exact) mass is 554 g/mol. The molecule has 0 aliphatic carbocycles. The van der Waals surface area contributed by atoms with E-state index in [4.69, 9.17) is 9.47 Å². The number of ether oxygens (including phenoxy) is 2. The van der Waals surface area contributed by atoms with E-state index in [-0.39, 0.29) is 0 Å². The van der Waals surface area contributed by atoms with E-state index in [1.807, 2.05) is 23.5 Å². The number of benzene rings is 3. The van der Waals surface area contributed by atoms with Gasteiger partial charge in [0.05, 0.1) is 13.2 Å². The summed E-state index contributed by atoms with van der Waals surface area (Å²) in [6.45, 7) is 3.77. The minimum atomic E-state index is 0.774. The third-order valence-corrected chi connectivity index (χ3v) is 8.77. The van der Waals surface area contributed by atoms with Crippen LogP contribution in [0.2, 0.25) is 0 Å². The maximum Gasteiger partial charge on any atom is 0.135 e. The summed E-state index contributed by atoms with van der Waals surface area (Å²) >= 11 is 3.91. The number of hydrogen-bond acceptors (Lipinski definition) is 4. The molecule has 0 unspecified atom stereocenters. The molecule has 3 aromatic rings. The van der Waals surface area contributed by atoms with E-state index in [9.17, 15) is 0 Å². The first-order valence-corrected chi connectivity index (χ1v) is 17.8. The Hall–Kier alpha value is -1.52.